The molecule has 1 N–H and O–H groups in total. The Morgan fingerprint density at radius 3 is 3.00 bits per heavy atom. The maximum absolute atomic E-state index is 10.7. The number of fused-ring (bicyclic) bond motifs is 3. The molecule has 0 amide bonds. The van der Waals surface area contributed by atoms with Crippen molar-refractivity contribution >= 4 is 22.5 Å². The van der Waals surface area contributed by atoms with Gasteiger partial charge in [-0.1, -0.05) is 17.7 Å². The third kappa shape index (κ3) is 2.71. The molecular weight excluding hydrogens is 322 g/mol. The highest BCUT2D eigenvalue weighted by Crippen LogP contribution is 2.33. The van der Waals surface area contributed by atoms with Crippen LogP contribution in [0.1, 0.15) is 22.9 Å². The van der Waals surface area contributed by atoms with Crippen molar-refractivity contribution in [1.29, 1.82) is 0 Å². The van der Waals surface area contributed by atoms with Crippen molar-refractivity contribution in [2.75, 3.05) is 13.6 Å². The number of benzene rings is 1. The molecule has 0 saturated carbocycles. The SMILES string of the molecule is CN1CCc2c(n(CC(O)c3cccnc3)c3ccc(Cl)cc23)C1. The molecule has 0 aliphatic carbocycles. The molecule has 3 aromatic rings. The van der Waals surface area contributed by atoms with Crippen molar-refractivity contribution < 1.29 is 5.11 Å². The summed E-state index contributed by atoms with van der Waals surface area (Å²) in [6.07, 6.45) is 3.88. The molecule has 124 valence electrons. The Labute approximate surface area is 146 Å². The standard InChI is InChI=1S/C19H20ClN3O/c1-22-8-6-15-16-9-14(20)4-5-17(16)23(18(15)11-22)12-19(24)13-3-2-7-21-10-13/h2-5,7,9-10,19,24H,6,8,11-12H2,1H3. The van der Waals surface area contributed by atoms with Gasteiger partial charge >= 0.3 is 0 Å². The molecule has 0 spiro atoms. The first-order valence-electron chi connectivity index (χ1n) is 8.19. The monoisotopic (exact) mass is 341 g/mol. The topological polar surface area (TPSA) is 41.3 Å². The first kappa shape index (κ1) is 15.6. The molecule has 0 radical (unpaired) electrons. The maximum Gasteiger partial charge on any atom is 0.0983 e. The zero-order chi connectivity index (χ0) is 16.7. The molecule has 4 rings (SSSR count). The number of aromatic nitrogens is 2. The van der Waals surface area contributed by atoms with E-state index < -0.39 is 6.10 Å². The first-order chi connectivity index (χ1) is 11.6. The fraction of sp³-hybridized carbons (Fsp3) is 0.316. The second-order valence-electron chi connectivity index (χ2n) is 6.49. The van der Waals surface area contributed by atoms with Crippen molar-refractivity contribution in [3.05, 3.63) is 64.6 Å². The second-order valence-corrected chi connectivity index (χ2v) is 6.92. The van der Waals surface area contributed by atoms with Gasteiger partial charge in [-0.05, 0) is 43.3 Å². The van der Waals surface area contributed by atoms with E-state index in [-0.39, 0.29) is 0 Å². The van der Waals surface area contributed by atoms with Crippen LogP contribution in [0, 0.1) is 0 Å². The average molecular weight is 342 g/mol. The summed E-state index contributed by atoms with van der Waals surface area (Å²) in [6, 6.07) is 9.81. The Morgan fingerprint density at radius 2 is 2.21 bits per heavy atom. The van der Waals surface area contributed by atoms with Gasteiger partial charge in [-0.25, -0.2) is 0 Å². The molecule has 4 nitrogen and oxygen atoms in total. The number of hydrogen-bond donors (Lipinski definition) is 1. The van der Waals surface area contributed by atoms with Gasteiger partial charge in [0.05, 0.1) is 12.6 Å². The highest BCUT2D eigenvalue weighted by Gasteiger charge is 2.24. The maximum atomic E-state index is 10.7. The van der Waals surface area contributed by atoms with E-state index in [2.05, 4.69) is 27.6 Å². The highest BCUT2D eigenvalue weighted by atomic mass is 35.5. The summed E-state index contributed by atoms with van der Waals surface area (Å²) in [5.41, 5.74) is 4.63. The van der Waals surface area contributed by atoms with Gasteiger partial charge in [-0.15, -0.1) is 0 Å². The first-order valence-corrected chi connectivity index (χ1v) is 8.57. The lowest BCUT2D eigenvalue weighted by Gasteiger charge is -2.25. The zero-order valence-corrected chi connectivity index (χ0v) is 14.4. The van der Waals surface area contributed by atoms with E-state index in [1.54, 1.807) is 12.4 Å². The van der Waals surface area contributed by atoms with Crippen molar-refractivity contribution in [1.82, 2.24) is 14.5 Å². The number of halogens is 1. The predicted molar refractivity (Wildman–Crippen MR) is 96.2 cm³/mol. The summed E-state index contributed by atoms with van der Waals surface area (Å²) in [4.78, 5) is 6.43. The van der Waals surface area contributed by atoms with Crippen LogP contribution in [-0.4, -0.2) is 33.1 Å². The van der Waals surface area contributed by atoms with Gasteiger partial charge in [0.15, 0.2) is 0 Å². The Morgan fingerprint density at radius 1 is 1.33 bits per heavy atom. The van der Waals surface area contributed by atoms with Gasteiger partial charge in [0, 0.05) is 52.7 Å². The lowest BCUT2D eigenvalue weighted by molar-refractivity contribution is 0.154. The van der Waals surface area contributed by atoms with Crippen LogP contribution in [0.5, 0.6) is 0 Å². The van der Waals surface area contributed by atoms with Gasteiger partial charge in [-0.3, -0.25) is 4.98 Å². The van der Waals surface area contributed by atoms with Crippen LogP contribution in [0.25, 0.3) is 10.9 Å². The summed E-state index contributed by atoms with van der Waals surface area (Å²) >= 11 is 6.22. The van der Waals surface area contributed by atoms with E-state index in [0.717, 1.165) is 35.6 Å². The number of nitrogens with zero attached hydrogens (tertiary/aromatic N) is 3. The van der Waals surface area contributed by atoms with E-state index in [1.807, 2.05) is 24.3 Å². The zero-order valence-electron chi connectivity index (χ0n) is 13.6. The van der Waals surface area contributed by atoms with E-state index in [1.165, 1.54) is 16.6 Å². The smallest absolute Gasteiger partial charge is 0.0983 e. The molecule has 1 aromatic carbocycles. The third-order valence-corrected chi connectivity index (χ3v) is 5.07. The second kappa shape index (κ2) is 6.20. The van der Waals surface area contributed by atoms with Crippen LogP contribution in [0.4, 0.5) is 0 Å². The van der Waals surface area contributed by atoms with Crippen LogP contribution < -0.4 is 0 Å². The van der Waals surface area contributed by atoms with Gasteiger partial charge < -0.3 is 14.6 Å². The van der Waals surface area contributed by atoms with Crippen LogP contribution in [0.2, 0.25) is 5.02 Å². The fourth-order valence-corrected chi connectivity index (χ4v) is 3.78. The predicted octanol–water partition coefficient (Wildman–Crippen LogP) is 3.41. The lowest BCUT2D eigenvalue weighted by Crippen LogP contribution is -2.28. The number of pyridine rings is 1. The molecule has 5 heteroatoms. The van der Waals surface area contributed by atoms with Gasteiger partial charge in [0.1, 0.15) is 0 Å². The van der Waals surface area contributed by atoms with Crippen LogP contribution in [0.3, 0.4) is 0 Å². The van der Waals surface area contributed by atoms with Crippen LogP contribution in [0.15, 0.2) is 42.7 Å². The Kier molecular flexibility index (Phi) is 4.04. The minimum atomic E-state index is -0.582. The van der Waals surface area contributed by atoms with Crippen molar-refractivity contribution in [2.45, 2.75) is 25.6 Å². The van der Waals surface area contributed by atoms with Crippen molar-refractivity contribution in [3.8, 4) is 0 Å². The third-order valence-electron chi connectivity index (χ3n) is 4.84. The van der Waals surface area contributed by atoms with Gasteiger partial charge in [0.2, 0.25) is 0 Å². The molecule has 1 atom stereocenters. The van der Waals surface area contributed by atoms with Crippen LogP contribution >= 0.6 is 11.6 Å². The Hall–Kier alpha value is -1.88. The molecule has 0 saturated heterocycles. The average Bonchev–Trinajstić information content (AvgIpc) is 2.88. The largest absolute Gasteiger partial charge is 0.386 e. The minimum absolute atomic E-state index is 0.521. The normalized spacial score (nSPS) is 16.3. The molecule has 1 aliphatic heterocycles. The van der Waals surface area contributed by atoms with Crippen molar-refractivity contribution in [3.63, 3.8) is 0 Å². The molecule has 3 heterocycles. The van der Waals surface area contributed by atoms with Gasteiger partial charge in [0.25, 0.3) is 0 Å². The summed E-state index contributed by atoms with van der Waals surface area (Å²) in [6.45, 7) is 2.46. The number of hydrogen-bond acceptors (Lipinski definition) is 3. The number of rotatable bonds is 3. The molecular formula is C19H20ClN3O. The molecule has 1 unspecified atom stereocenters. The Bertz CT molecular complexity index is 875. The molecule has 0 bridgehead atoms. The molecule has 0 fully saturated rings. The number of likely N-dealkylation sites (N-methyl/N-ethyl adjacent to an activating group) is 1. The molecule has 2 aromatic heterocycles. The minimum Gasteiger partial charge on any atom is -0.386 e. The van der Waals surface area contributed by atoms with E-state index in [4.69, 9.17) is 11.6 Å². The highest BCUT2D eigenvalue weighted by molar-refractivity contribution is 6.31. The summed E-state index contributed by atoms with van der Waals surface area (Å²) in [7, 11) is 2.13. The molecule has 1 aliphatic rings. The van der Waals surface area contributed by atoms with Crippen molar-refractivity contribution in [2.24, 2.45) is 0 Å². The number of aliphatic hydroxyl groups is 1. The summed E-state index contributed by atoms with van der Waals surface area (Å²) in [5.74, 6) is 0. The number of aliphatic hydroxyl groups excluding tert-OH is 1. The van der Waals surface area contributed by atoms with E-state index in [9.17, 15) is 5.11 Å². The quantitative estimate of drug-likeness (QED) is 0.793. The van der Waals surface area contributed by atoms with Gasteiger partial charge in [-0.2, -0.15) is 0 Å². The molecule has 24 heavy (non-hydrogen) atoms. The van der Waals surface area contributed by atoms with Crippen LogP contribution in [-0.2, 0) is 19.5 Å². The lowest BCUT2D eigenvalue weighted by atomic mass is 10.0. The summed E-state index contributed by atoms with van der Waals surface area (Å²) in [5, 5.41) is 12.6. The van der Waals surface area contributed by atoms with E-state index in [0.29, 0.717) is 6.54 Å². The van der Waals surface area contributed by atoms with E-state index >= 15 is 0 Å². The Balaban J connectivity index is 1.81. The summed E-state index contributed by atoms with van der Waals surface area (Å²) < 4.78 is 2.24. The fourth-order valence-electron chi connectivity index (χ4n) is 3.61.